The molecule has 0 saturated carbocycles. The van der Waals surface area contributed by atoms with Gasteiger partial charge in [-0.05, 0) is 57.2 Å². The standard InChI is InChI=1S/C20H26N2O4S/c1-5-27(24,25)22(4)18-10-8-17(9-11-18)20(23)21-16(3)14-26-19-12-6-15(2)7-13-19/h6-13,16H,5,14H2,1-4H3,(H,21,23)/t16-/m0/s1. The minimum absolute atomic E-state index is 0.0181. The molecule has 0 aliphatic rings. The number of nitrogens with one attached hydrogen (secondary N) is 1. The lowest BCUT2D eigenvalue weighted by atomic mass is 10.2. The van der Waals surface area contributed by atoms with E-state index in [0.717, 1.165) is 11.3 Å². The molecule has 7 heteroatoms. The molecular weight excluding hydrogens is 364 g/mol. The third-order valence-corrected chi connectivity index (χ3v) is 5.95. The van der Waals surface area contributed by atoms with Crippen molar-refractivity contribution in [1.29, 1.82) is 0 Å². The Kier molecular flexibility index (Phi) is 6.85. The second-order valence-electron chi connectivity index (χ2n) is 6.41. The summed E-state index contributed by atoms with van der Waals surface area (Å²) in [4.78, 5) is 12.3. The topological polar surface area (TPSA) is 75.7 Å². The van der Waals surface area contributed by atoms with Crippen molar-refractivity contribution in [2.45, 2.75) is 26.8 Å². The lowest BCUT2D eigenvalue weighted by Crippen LogP contribution is -2.36. The highest BCUT2D eigenvalue weighted by Gasteiger charge is 2.16. The average molecular weight is 391 g/mol. The van der Waals surface area contributed by atoms with E-state index >= 15 is 0 Å². The zero-order chi connectivity index (χ0) is 20.0. The maximum atomic E-state index is 12.3. The van der Waals surface area contributed by atoms with Gasteiger partial charge in [0, 0.05) is 12.6 Å². The smallest absolute Gasteiger partial charge is 0.251 e. The van der Waals surface area contributed by atoms with Crippen molar-refractivity contribution in [3.05, 3.63) is 59.7 Å². The second kappa shape index (κ2) is 8.90. The molecule has 2 rings (SSSR count). The van der Waals surface area contributed by atoms with Crippen LogP contribution in [-0.2, 0) is 10.0 Å². The summed E-state index contributed by atoms with van der Waals surface area (Å²) in [6, 6.07) is 14.0. The van der Waals surface area contributed by atoms with E-state index in [1.807, 2.05) is 38.1 Å². The largest absolute Gasteiger partial charge is 0.491 e. The Bertz CT molecular complexity index is 862. The van der Waals surface area contributed by atoms with E-state index in [9.17, 15) is 13.2 Å². The summed E-state index contributed by atoms with van der Waals surface area (Å²) in [6.45, 7) is 5.81. The van der Waals surface area contributed by atoms with E-state index in [1.165, 1.54) is 11.4 Å². The van der Waals surface area contributed by atoms with Gasteiger partial charge in [0.1, 0.15) is 12.4 Å². The lowest BCUT2D eigenvalue weighted by molar-refractivity contribution is 0.0926. The number of amides is 1. The molecule has 0 unspecified atom stereocenters. The highest BCUT2D eigenvalue weighted by molar-refractivity contribution is 7.92. The van der Waals surface area contributed by atoms with E-state index < -0.39 is 10.0 Å². The van der Waals surface area contributed by atoms with Crippen molar-refractivity contribution < 1.29 is 17.9 Å². The fourth-order valence-corrected chi connectivity index (χ4v) is 3.21. The number of benzene rings is 2. The Labute approximate surface area is 161 Å². The van der Waals surface area contributed by atoms with Gasteiger partial charge >= 0.3 is 0 Å². The molecule has 2 aromatic carbocycles. The molecular formula is C20H26N2O4S. The van der Waals surface area contributed by atoms with Gasteiger partial charge < -0.3 is 10.1 Å². The van der Waals surface area contributed by atoms with Crippen LogP contribution >= 0.6 is 0 Å². The Balaban J connectivity index is 1.92. The first kappa shape index (κ1) is 20.8. The van der Waals surface area contributed by atoms with Crippen LogP contribution in [0.5, 0.6) is 5.75 Å². The average Bonchev–Trinajstić information content (AvgIpc) is 2.67. The van der Waals surface area contributed by atoms with Crippen molar-refractivity contribution in [3.63, 3.8) is 0 Å². The number of hydrogen-bond donors (Lipinski definition) is 1. The Morgan fingerprint density at radius 3 is 2.26 bits per heavy atom. The van der Waals surface area contributed by atoms with Crippen LogP contribution in [0.2, 0.25) is 0 Å². The van der Waals surface area contributed by atoms with Crippen molar-refractivity contribution in [2.24, 2.45) is 0 Å². The van der Waals surface area contributed by atoms with Gasteiger partial charge in [-0.3, -0.25) is 9.10 Å². The number of ether oxygens (including phenoxy) is 1. The molecule has 0 aliphatic heterocycles. The summed E-state index contributed by atoms with van der Waals surface area (Å²) >= 11 is 0. The molecule has 0 fully saturated rings. The first-order chi connectivity index (χ1) is 12.7. The summed E-state index contributed by atoms with van der Waals surface area (Å²) in [5, 5.41) is 2.87. The molecule has 0 aliphatic carbocycles. The van der Waals surface area contributed by atoms with E-state index in [-0.39, 0.29) is 17.7 Å². The predicted octanol–water partition coefficient (Wildman–Crippen LogP) is 2.98. The van der Waals surface area contributed by atoms with Gasteiger partial charge in [0.2, 0.25) is 10.0 Å². The minimum Gasteiger partial charge on any atom is -0.491 e. The van der Waals surface area contributed by atoms with Crippen LogP contribution in [0.3, 0.4) is 0 Å². The SMILES string of the molecule is CCS(=O)(=O)N(C)c1ccc(C(=O)N[C@@H](C)COc2ccc(C)cc2)cc1. The summed E-state index contributed by atoms with van der Waals surface area (Å²) < 4.78 is 30.7. The number of hydrogen-bond acceptors (Lipinski definition) is 4. The molecule has 2 aromatic rings. The Morgan fingerprint density at radius 1 is 1.11 bits per heavy atom. The third kappa shape index (κ3) is 5.72. The predicted molar refractivity (Wildman–Crippen MR) is 108 cm³/mol. The zero-order valence-corrected chi connectivity index (χ0v) is 16.9. The zero-order valence-electron chi connectivity index (χ0n) is 16.1. The van der Waals surface area contributed by atoms with Gasteiger partial charge in [0.05, 0.1) is 17.5 Å². The van der Waals surface area contributed by atoms with Crippen LogP contribution in [0.15, 0.2) is 48.5 Å². The van der Waals surface area contributed by atoms with Gasteiger partial charge in [-0.15, -0.1) is 0 Å². The molecule has 0 radical (unpaired) electrons. The van der Waals surface area contributed by atoms with Gasteiger partial charge in [-0.1, -0.05) is 17.7 Å². The summed E-state index contributed by atoms with van der Waals surface area (Å²) in [6.07, 6.45) is 0. The number of anilines is 1. The molecule has 0 aromatic heterocycles. The maximum Gasteiger partial charge on any atom is 0.251 e. The number of aryl methyl sites for hydroxylation is 1. The summed E-state index contributed by atoms with van der Waals surface area (Å²) in [7, 11) is -1.83. The van der Waals surface area contributed by atoms with Crippen LogP contribution in [0, 0.1) is 6.92 Å². The van der Waals surface area contributed by atoms with E-state index in [4.69, 9.17) is 4.74 Å². The highest BCUT2D eigenvalue weighted by Crippen LogP contribution is 2.17. The Morgan fingerprint density at radius 2 is 1.70 bits per heavy atom. The monoisotopic (exact) mass is 390 g/mol. The highest BCUT2D eigenvalue weighted by atomic mass is 32.2. The van der Waals surface area contributed by atoms with Crippen LogP contribution < -0.4 is 14.4 Å². The molecule has 1 amide bonds. The molecule has 27 heavy (non-hydrogen) atoms. The number of rotatable bonds is 8. The fourth-order valence-electron chi connectivity index (χ4n) is 2.38. The quantitative estimate of drug-likeness (QED) is 0.752. The fraction of sp³-hybridized carbons (Fsp3) is 0.350. The van der Waals surface area contributed by atoms with Crippen LogP contribution in [0.25, 0.3) is 0 Å². The molecule has 6 nitrogen and oxygen atoms in total. The van der Waals surface area contributed by atoms with Gasteiger partial charge in [-0.25, -0.2) is 8.42 Å². The number of nitrogens with zero attached hydrogens (tertiary/aromatic N) is 1. The second-order valence-corrected chi connectivity index (χ2v) is 8.70. The number of carbonyl (C=O) groups excluding carboxylic acids is 1. The molecule has 0 saturated heterocycles. The van der Waals surface area contributed by atoms with Crippen LogP contribution in [-0.4, -0.2) is 39.8 Å². The van der Waals surface area contributed by atoms with E-state index in [0.29, 0.717) is 17.9 Å². The summed E-state index contributed by atoms with van der Waals surface area (Å²) in [5.74, 6) is 0.540. The third-order valence-electron chi connectivity index (χ3n) is 4.17. The minimum atomic E-state index is -3.32. The summed E-state index contributed by atoms with van der Waals surface area (Å²) in [5.41, 5.74) is 2.14. The van der Waals surface area contributed by atoms with Crippen molar-refractivity contribution >= 4 is 21.6 Å². The number of carbonyl (C=O) groups is 1. The molecule has 0 spiro atoms. The van der Waals surface area contributed by atoms with Crippen molar-refractivity contribution in [2.75, 3.05) is 23.7 Å². The molecule has 1 N–H and O–H groups in total. The van der Waals surface area contributed by atoms with Crippen molar-refractivity contribution in [3.8, 4) is 5.75 Å². The Hall–Kier alpha value is -2.54. The molecule has 146 valence electrons. The van der Waals surface area contributed by atoms with E-state index in [1.54, 1.807) is 31.2 Å². The van der Waals surface area contributed by atoms with Gasteiger partial charge in [-0.2, -0.15) is 0 Å². The van der Waals surface area contributed by atoms with E-state index in [2.05, 4.69) is 5.32 Å². The first-order valence-electron chi connectivity index (χ1n) is 8.80. The van der Waals surface area contributed by atoms with Gasteiger partial charge in [0.25, 0.3) is 5.91 Å². The normalized spacial score (nSPS) is 12.3. The molecule has 0 heterocycles. The van der Waals surface area contributed by atoms with Gasteiger partial charge in [0.15, 0.2) is 0 Å². The maximum absolute atomic E-state index is 12.3. The first-order valence-corrected chi connectivity index (χ1v) is 10.4. The van der Waals surface area contributed by atoms with Crippen molar-refractivity contribution in [1.82, 2.24) is 5.32 Å². The molecule has 1 atom stereocenters. The lowest BCUT2D eigenvalue weighted by Gasteiger charge is -2.19. The molecule has 0 bridgehead atoms. The van der Waals surface area contributed by atoms with Crippen LogP contribution in [0.4, 0.5) is 5.69 Å². The number of sulfonamides is 1. The van der Waals surface area contributed by atoms with Crippen LogP contribution in [0.1, 0.15) is 29.8 Å².